The van der Waals surface area contributed by atoms with Crippen LogP contribution in [0.2, 0.25) is 0 Å². The maximum atomic E-state index is 9.72. The van der Waals surface area contributed by atoms with Crippen molar-refractivity contribution in [3.8, 4) is 17.2 Å². The molecule has 23 heavy (non-hydrogen) atoms. The zero-order chi connectivity index (χ0) is 16.2. The van der Waals surface area contributed by atoms with E-state index in [4.69, 9.17) is 9.47 Å². The van der Waals surface area contributed by atoms with Gasteiger partial charge in [0, 0.05) is 19.0 Å². The molecule has 0 aromatic heterocycles. The number of phenols is 1. The number of phenolic OH excluding ortho intramolecular Hbond substituents is 1. The van der Waals surface area contributed by atoms with E-state index in [2.05, 4.69) is 17.5 Å². The maximum absolute atomic E-state index is 9.72. The average molecular weight is 311 g/mol. The summed E-state index contributed by atoms with van der Waals surface area (Å²) in [7, 11) is 1.68. The third kappa shape index (κ3) is 3.26. The number of nitrogens with zero attached hydrogens (tertiary/aromatic N) is 1. The largest absolute Gasteiger partial charge is 0.508 e. The molecular formula is C19H21NO3. The van der Waals surface area contributed by atoms with Gasteiger partial charge >= 0.3 is 0 Å². The average Bonchev–Trinajstić information content (AvgIpc) is 2.56. The fourth-order valence-electron chi connectivity index (χ4n) is 2.97. The van der Waals surface area contributed by atoms with Gasteiger partial charge < -0.3 is 19.5 Å². The number of aromatic hydroxyl groups is 1. The molecule has 0 saturated carbocycles. The minimum atomic E-state index is 0.0169. The van der Waals surface area contributed by atoms with E-state index in [-0.39, 0.29) is 11.9 Å². The maximum Gasteiger partial charge on any atom is 0.143 e. The van der Waals surface area contributed by atoms with Crippen molar-refractivity contribution in [2.45, 2.75) is 12.5 Å². The van der Waals surface area contributed by atoms with Crippen LogP contribution in [0.3, 0.4) is 0 Å². The second-order valence-corrected chi connectivity index (χ2v) is 5.60. The summed E-state index contributed by atoms with van der Waals surface area (Å²) in [5, 5.41) is 9.72. The van der Waals surface area contributed by atoms with Crippen LogP contribution in [0.5, 0.6) is 17.2 Å². The lowest BCUT2D eigenvalue weighted by Crippen LogP contribution is -2.41. The van der Waals surface area contributed by atoms with Crippen molar-refractivity contribution >= 4 is 5.69 Å². The quantitative estimate of drug-likeness (QED) is 0.859. The van der Waals surface area contributed by atoms with Crippen LogP contribution in [0.4, 0.5) is 5.69 Å². The smallest absolute Gasteiger partial charge is 0.143 e. The molecule has 4 nitrogen and oxygen atoms in total. The number of hydrogen-bond donors (Lipinski definition) is 1. The van der Waals surface area contributed by atoms with Crippen LogP contribution in [0.15, 0.2) is 55.1 Å². The van der Waals surface area contributed by atoms with Gasteiger partial charge in [0.25, 0.3) is 0 Å². The Morgan fingerprint density at radius 1 is 1.35 bits per heavy atom. The van der Waals surface area contributed by atoms with Gasteiger partial charge in [-0.15, -0.1) is 6.58 Å². The number of ether oxygens (including phenoxy) is 2. The van der Waals surface area contributed by atoms with Crippen molar-refractivity contribution in [1.29, 1.82) is 0 Å². The summed E-state index contributed by atoms with van der Waals surface area (Å²) in [5.41, 5.74) is 2.03. The Morgan fingerprint density at radius 3 is 2.96 bits per heavy atom. The molecule has 1 unspecified atom stereocenters. The molecule has 2 aromatic rings. The van der Waals surface area contributed by atoms with E-state index in [0.29, 0.717) is 6.54 Å². The molecular weight excluding hydrogens is 290 g/mol. The Labute approximate surface area is 136 Å². The molecule has 1 aliphatic rings. The lowest BCUT2D eigenvalue weighted by molar-refractivity contribution is 0.193. The minimum Gasteiger partial charge on any atom is -0.508 e. The predicted molar refractivity (Wildman–Crippen MR) is 91.6 cm³/mol. The minimum absolute atomic E-state index is 0.0169. The van der Waals surface area contributed by atoms with Crippen molar-refractivity contribution in [2.75, 3.05) is 25.1 Å². The Kier molecular flexibility index (Phi) is 4.42. The Bertz CT molecular complexity index is 699. The first-order valence-corrected chi connectivity index (χ1v) is 7.68. The normalized spacial score (nSPS) is 16.4. The third-order valence-corrected chi connectivity index (χ3v) is 3.99. The molecule has 0 amide bonds. The van der Waals surface area contributed by atoms with Crippen molar-refractivity contribution < 1.29 is 14.6 Å². The van der Waals surface area contributed by atoms with Gasteiger partial charge in [-0.05, 0) is 23.8 Å². The molecule has 0 bridgehead atoms. The molecule has 120 valence electrons. The third-order valence-electron chi connectivity index (χ3n) is 3.99. The van der Waals surface area contributed by atoms with Crippen LogP contribution in [0.1, 0.15) is 5.56 Å². The molecule has 2 aromatic carbocycles. The van der Waals surface area contributed by atoms with Crippen LogP contribution in [0, 0.1) is 0 Å². The zero-order valence-corrected chi connectivity index (χ0v) is 13.2. The summed E-state index contributed by atoms with van der Waals surface area (Å²) in [4.78, 5) is 2.17. The van der Waals surface area contributed by atoms with Gasteiger partial charge in [0.05, 0.1) is 19.3 Å². The SMILES string of the molecule is C=CCN1CC(Cc2ccccc2OC)Oc2ccc(O)cc21. The topological polar surface area (TPSA) is 41.9 Å². The fourth-order valence-corrected chi connectivity index (χ4v) is 2.97. The standard InChI is InChI=1S/C19H21NO3/c1-3-10-20-13-16(11-14-6-4-5-7-18(14)22-2)23-19-9-8-15(21)12-17(19)20/h3-9,12,16,21H,1,10-11,13H2,2H3. The summed E-state index contributed by atoms with van der Waals surface area (Å²) in [5.74, 6) is 1.91. The van der Waals surface area contributed by atoms with Gasteiger partial charge in [-0.1, -0.05) is 24.3 Å². The summed E-state index contributed by atoms with van der Waals surface area (Å²) in [6, 6.07) is 13.2. The van der Waals surface area contributed by atoms with E-state index in [9.17, 15) is 5.11 Å². The fraction of sp³-hybridized carbons (Fsp3) is 0.263. The zero-order valence-electron chi connectivity index (χ0n) is 13.2. The lowest BCUT2D eigenvalue weighted by atomic mass is 10.0. The molecule has 0 spiro atoms. The Balaban J connectivity index is 1.85. The highest BCUT2D eigenvalue weighted by molar-refractivity contribution is 5.63. The van der Waals surface area contributed by atoms with Gasteiger partial charge in [0.1, 0.15) is 23.4 Å². The van der Waals surface area contributed by atoms with E-state index in [1.807, 2.05) is 30.3 Å². The van der Waals surface area contributed by atoms with Crippen LogP contribution in [-0.2, 0) is 6.42 Å². The van der Waals surface area contributed by atoms with Crippen molar-refractivity contribution in [1.82, 2.24) is 0 Å². The molecule has 1 atom stereocenters. The molecule has 4 heteroatoms. The van der Waals surface area contributed by atoms with Crippen molar-refractivity contribution in [3.63, 3.8) is 0 Å². The van der Waals surface area contributed by atoms with Crippen LogP contribution < -0.4 is 14.4 Å². The predicted octanol–water partition coefficient (Wildman–Crippen LogP) is 3.40. The number of para-hydroxylation sites is 1. The van der Waals surface area contributed by atoms with E-state index in [0.717, 1.165) is 35.7 Å². The number of fused-ring (bicyclic) bond motifs is 1. The van der Waals surface area contributed by atoms with Crippen molar-refractivity contribution in [3.05, 3.63) is 60.7 Å². The van der Waals surface area contributed by atoms with E-state index < -0.39 is 0 Å². The summed E-state index contributed by atoms with van der Waals surface area (Å²) in [6.45, 7) is 5.27. The van der Waals surface area contributed by atoms with Crippen LogP contribution >= 0.6 is 0 Å². The van der Waals surface area contributed by atoms with E-state index >= 15 is 0 Å². The lowest BCUT2D eigenvalue weighted by Gasteiger charge is -2.36. The number of hydrogen-bond acceptors (Lipinski definition) is 4. The molecule has 0 radical (unpaired) electrons. The molecule has 0 fully saturated rings. The van der Waals surface area contributed by atoms with Gasteiger partial charge in [0.15, 0.2) is 0 Å². The second kappa shape index (κ2) is 6.65. The van der Waals surface area contributed by atoms with E-state index in [1.54, 1.807) is 19.2 Å². The van der Waals surface area contributed by atoms with Gasteiger partial charge in [-0.25, -0.2) is 0 Å². The van der Waals surface area contributed by atoms with Crippen molar-refractivity contribution in [2.24, 2.45) is 0 Å². The summed E-state index contributed by atoms with van der Waals surface area (Å²) < 4.78 is 11.6. The monoisotopic (exact) mass is 311 g/mol. The van der Waals surface area contributed by atoms with Gasteiger partial charge in [0.2, 0.25) is 0 Å². The first kappa shape index (κ1) is 15.3. The molecule has 1 N–H and O–H groups in total. The number of benzene rings is 2. The number of anilines is 1. The highest BCUT2D eigenvalue weighted by Crippen LogP contribution is 2.37. The highest BCUT2D eigenvalue weighted by atomic mass is 16.5. The van der Waals surface area contributed by atoms with Crippen LogP contribution in [0.25, 0.3) is 0 Å². The molecule has 0 saturated heterocycles. The molecule has 3 rings (SSSR count). The first-order chi connectivity index (χ1) is 11.2. The number of methoxy groups -OCH3 is 1. The summed E-state index contributed by atoms with van der Waals surface area (Å²) in [6.07, 6.45) is 2.64. The molecule has 0 aliphatic carbocycles. The molecule has 1 aliphatic heterocycles. The summed E-state index contributed by atoms with van der Waals surface area (Å²) >= 11 is 0. The number of rotatable bonds is 5. The Hall–Kier alpha value is -2.62. The first-order valence-electron chi connectivity index (χ1n) is 7.68. The van der Waals surface area contributed by atoms with Gasteiger partial charge in [-0.3, -0.25) is 0 Å². The molecule has 1 heterocycles. The highest BCUT2D eigenvalue weighted by Gasteiger charge is 2.26. The van der Waals surface area contributed by atoms with Crippen LogP contribution in [-0.4, -0.2) is 31.4 Å². The van der Waals surface area contributed by atoms with Gasteiger partial charge in [-0.2, -0.15) is 0 Å². The van der Waals surface area contributed by atoms with E-state index in [1.165, 1.54) is 0 Å². The Morgan fingerprint density at radius 2 is 2.17 bits per heavy atom. The second-order valence-electron chi connectivity index (χ2n) is 5.60.